The fourth-order valence-electron chi connectivity index (χ4n) is 12.8. The third kappa shape index (κ3) is 15.7. The zero-order valence-corrected chi connectivity index (χ0v) is 50.6. The molecule has 22 aliphatic rings. The van der Waals surface area contributed by atoms with Crippen molar-refractivity contribution < 1.29 is 198 Å². The minimum absolute atomic E-state index is 0.0811. The first-order valence-corrected chi connectivity index (χ1v) is 30.8. The minimum Gasteiger partial charge on any atom is -0.462 e. The molecule has 0 saturated carbocycles. The van der Waals surface area contributed by atoms with Crippen LogP contribution < -0.4 is 10.1 Å². The van der Waals surface area contributed by atoms with Crippen molar-refractivity contribution in [2.75, 3.05) is 52.7 Å². The summed E-state index contributed by atoms with van der Waals surface area (Å²) in [5, 5.41) is 272. The van der Waals surface area contributed by atoms with Gasteiger partial charge < -0.3 is 199 Å². The number of nitrogens with zero attached hydrogens (tertiary/aromatic N) is 1. The van der Waals surface area contributed by atoms with Gasteiger partial charge in [-0.05, 0) is 12.1 Å². The van der Waals surface area contributed by atoms with Gasteiger partial charge in [0.2, 0.25) is 6.29 Å². The van der Waals surface area contributed by atoms with Gasteiger partial charge in [-0.25, -0.2) is 0 Å². The molecule has 1 aromatic carbocycles. The van der Waals surface area contributed by atoms with E-state index in [1.807, 2.05) is 0 Å². The van der Waals surface area contributed by atoms with Gasteiger partial charge in [0.15, 0.2) is 44.0 Å². The summed E-state index contributed by atoms with van der Waals surface area (Å²) in [4.78, 5) is 10.5. The molecule has 22 fully saturated rings. The van der Waals surface area contributed by atoms with Crippen LogP contribution >= 0.6 is 0 Å². The first-order chi connectivity index (χ1) is 46.2. The van der Waals surface area contributed by atoms with Crippen molar-refractivity contribution in [2.45, 2.75) is 246 Å². The summed E-state index contributed by atoms with van der Waals surface area (Å²) in [6.45, 7) is -7.80. The van der Waals surface area contributed by atoms with Crippen molar-refractivity contribution in [3.8, 4) is 5.75 Å². The summed E-state index contributed by atoms with van der Waals surface area (Å²) in [5.74, 6) is -0.0811. The number of aliphatic hydroxyl groups is 23. The second kappa shape index (κ2) is 32.7. The van der Waals surface area contributed by atoms with Gasteiger partial charge in [0.1, 0.15) is 201 Å². The number of hydrogen-bond donors (Lipinski definition) is 24. The molecular weight excluding hydrogens is 1330 g/mol. The summed E-state index contributed by atoms with van der Waals surface area (Å²) in [5.41, 5.74) is -0.324. The maximum Gasteiger partial charge on any atom is 0.269 e. The molecule has 23 rings (SSSR count). The van der Waals surface area contributed by atoms with Gasteiger partial charge in [-0.1, -0.05) is 0 Å². The molecule has 0 radical (unpaired) electrons. The average molecular weight is 1420 g/mol. The number of nitrogens with one attached hydrogen (secondary N) is 1. The van der Waals surface area contributed by atoms with Crippen molar-refractivity contribution in [2.24, 2.45) is 0 Å². The van der Waals surface area contributed by atoms with Crippen LogP contribution in [0, 0.1) is 10.1 Å². The van der Waals surface area contributed by atoms with E-state index in [0.29, 0.717) is 0 Å². The van der Waals surface area contributed by atoms with Gasteiger partial charge >= 0.3 is 0 Å². The van der Waals surface area contributed by atoms with Crippen LogP contribution in [0.1, 0.15) is 0 Å². The molecule has 0 amide bonds. The molecule has 0 aromatic heterocycles. The van der Waals surface area contributed by atoms with Crippen LogP contribution in [-0.2, 0) is 71.1 Å². The average Bonchev–Trinajstić information content (AvgIpc) is 0.787. The molecule has 22 saturated heterocycles. The highest BCUT2D eigenvalue weighted by Crippen LogP contribution is 2.40. The molecule has 22 heterocycles. The van der Waals surface area contributed by atoms with E-state index in [1.54, 1.807) is 0 Å². The van der Waals surface area contributed by atoms with Crippen LogP contribution in [0.4, 0.5) is 5.69 Å². The number of nitro groups is 1. The standard InChI is InChI=1S/C54H84N2O41/c57-7-17-41-27(67)35(75)50(86-17)94-43-19(9-59)88-52(37(77)29(43)69)96-45-21(11-61)90-54(39(79)31(45)71)97-46-22(12-62)89-53(38(78)30(46)70)95-44-20(10-60)87-51(36(76)28(44)68)93-42-18(8-58)85-49(34(74)26(42)66)91-40-16(84-48(92-41)33(73)25(40)65)6-55-5-15-23(63)24(64)32(72)47(83-15)82-14-3-1-13(2-4-14)56(80)81/h1-4,15-55,57-79H,5-12H2/t15-,16-,17-,18-,19-,20-,21-,22-,23+,24+,25-,26-,27-,28-,29-,30-,31-,32-,33-,34-,35-,36-,37-,38-,39-,40-,41-,42-,43-,44-,45-,46-,47-,48-,49-,50-,51-,52-,53-,54-/m1/s1. The Balaban J connectivity index is 0.932. The van der Waals surface area contributed by atoms with Crippen molar-refractivity contribution >= 4 is 5.69 Å². The Bertz CT molecular complexity index is 2620. The maximum absolute atomic E-state index is 12.0. The quantitative estimate of drug-likeness (QED) is 0.0644. The second-order valence-corrected chi connectivity index (χ2v) is 24.5. The lowest BCUT2D eigenvalue weighted by molar-refractivity contribution is -0.396. The summed E-state index contributed by atoms with van der Waals surface area (Å²) in [7, 11) is 0. The summed E-state index contributed by atoms with van der Waals surface area (Å²) < 4.78 is 92.7. The summed E-state index contributed by atoms with van der Waals surface area (Å²) in [6, 6.07) is 4.46. The van der Waals surface area contributed by atoms with E-state index >= 15 is 0 Å². The van der Waals surface area contributed by atoms with Crippen molar-refractivity contribution in [1.29, 1.82) is 0 Å². The molecule has 40 atom stereocenters. The Morgan fingerprint density at radius 1 is 0.299 bits per heavy atom. The SMILES string of the molecule is O=[N+]([O-])c1ccc(O[C@@H]2O[C@H](CNC[C@H]3O[C@@H]4O[C@H]5[C@H](O)[C@@H](O)[C@@H](O[C@H]6[C@H](O)[C@@H](O)[C@@H](O[C@H]7[C@H](O)[C@@H](O)[C@@H](O[C@H]8[C@H](O)[C@@H](O)[C@@H](O[C@H]9[C@H](O)[C@@H](O)[C@@H](O[C@H]%10[C@H](O)[C@@H](O)[C@@H](O[C@H]3[C@H](O)[C@H]4O)O[C@@H]%10CO)O[C@@H]9CO)O[C@@H]8CO)O[C@@H]7CO)O[C@@H]6CO)O[C@@H]5CO)[C@H](O)[C@H](O)[C@H]2O)cc1. The van der Waals surface area contributed by atoms with Crippen LogP contribution in [0.15, 0.2) is 24.3 Å². The molecule has 22 aliphatic heterocycles. The normalized spacial score (nSPS) is 51.1. The van der Waals surface area contributed by atoms with Gasteiger partial charge in [0, 0.05) is 25.2 Å². The highest BCUT2D eigenvalue weighted by Gasteiger charge is 2.60. The molecule has 43 nitrogen and oxygen atoms in total. The van der Waals surface area contributed by atoms with Crippen molar-refractivity contribution in [3.63, 3.8) is 0 Å². The molecular formula is C54H84N2O41. The lowest BCUT2D eigenvalue weighted by Crippen LogP contribution is -2.68. The van der Waals surface area contributed by atoms with Crippen LogP contribution in [0.25, 0.3) is 0 Å². The molecule has 0 unspecified atom stereocenters. The lowest BCUT2D eigenvalue weighted by Gasteiger charge is -2.50. The molecule has 24 N–H and O–H groups in total. The van der Waals surface area contributed by atoms with Crippen LogP contribution in [0.5, 0.6) is 5.75 Å². The minimum atomic E-state index is -2.34. The fourth-order valence-corrected chi connectivity index (χ4v) is 12.8. The van der Waals surface area contributed by atoms with E-state index in [-0.39, 0.29) is 11.4 Å². The summed E-state index contributed by atoms with van der Waals surface area (Å²) >= 11 is 0. The van der Waals surface area contributed by atoms with Gasteiger partial charge in [-0.15, -0.1) is 0 Å². The lowest BCUT2D eigenvalue weighted by atomic mass is 9.95. The number of hydrogen-bond acceptors (Lipinski definition) is 42. The Morgan fingerprint density at radius 2 is 0.536 bits per heavy atom. The van der Waals surface area contributed by atoms with E-state index in [0.717, 1.165) is 24.3 Å². The fraction of sp³-hybridized carbons (Fsp3) is 0.889. The number of ether oxygens (including phenoxy) is 16. The largest absolute Gasteiger partial charge is 0.462 e. The zero-order chi connectivity index (χ0) is 70.3. The second-order valence-electron chi connectivity index (χ2n) is 24.5. The number of rotatable bonds is 13. The van der Waals surface area contributed by atoms with E-state index < -0.39 is 303 Å². The number of aliphatic hydroxyl groups excluding tert-OH is 23. The van der Waals surface area contributed by atoms with Gasteiger partial charge in [0.25, 0.3) is 5.69 Å². The molecule has 0 aliphatic carbocycles. The van der Waals surface area contributed by atoms with Crippen LogP contribution in [0.3, 0.4) is 0 Å². The predicted molar refractivity (Wildman–Crippen MR) is 295 cm³/mol. The van der Waals surface area contributed by atoms with E-state index in [9.17, 15) is 128 Å². The third-order valence-electron chi connectivity index (χ3n) is 18.3. The van der Waals surface area contributed by atoms with Crippen LogP contribution in [-0.4, -0.2) is 421 Å². The van der Waals surface area contributed by atoms with E-state index in [2.05, 4.69) is 5.32 Å². The Kier molecular flexibility index (Phi) is 25.8. The topological polar surface area (TPSA) is 668 Å². The van der Waals surface area contributed by atoms with Crippen molar-refractivity contribution in [1.82, 2.24) is 5.32 Å². The molecule has 556 valence electrons. The van der Waals surface area contributed by atoms with E-state index in [1.165, 1.54) is 0 Å². The molecule has 1 aromatic rings. The Morgan fingerprint density at radius 3 is 0.784 bits per heavy atom. The Hall–Kier alpha value is -3.14. The number of non-ortho nitro benzene ring substituents is 1. The van der Waals surface area contributed by atoms with Gasteiger partial charge in [-0.2, -0.15) is 0 Å². The van der Waals surface area contributed by atoms with Crippen LogP contribution in [0.2, 0.25) is 0 Å². The summed E-state index contributed by atoms with van der Waals surface area (Å²) in [6.07, 6.45) is -82.0. The highest BCUT2D eigenvalue weighted by atomic mass is 16.8. The molecule has 43 heteroatoms. The van der Waals surface area contributed by atoms with Gasteiger partial charge in [-0.3, -0.25) is 10.1 Å². The number of nitro benzene ring substituents is 1. The first kappa shape index (κ1) is 76.5. The maximum atomic E-state index is 12.0. The highest BCUT2D eigenvalue weighted by molar-refractivity contribution is 5.36. The first-order valence-electron chi connectivity index (χ1n) is 30.8. The zero-order valence-electron chi connectivity index (χ0n) is 50.6. The van der Waals surface area contributed by atoms with E-state index in [4.69, 9.17) is 75.8 Å². The molecule has 97 heavy (non-hydrogen) atoms. The molecule has 14 bridgehead atoms. The van der Waals surface area contributed by atoms with Crippen molar-refractivity contribution in [3.05, 3.63) is 34.4 Å². The monoisotopic (exact) mass is 1420 g/mol. The number of benzene rings is 1. The third-order valence-corrected chi connectivity index (χ3v) is 18.3. The predicted octanol–water partition coefficient (Wildman–Crippen LogP) is -15.8. The Labute approximate surface area is 546 Å². The molecule has 0 spiro atoms. The van der Waals surface area contributed by atoms with Gasteiger partial charge in [0.05, 0.1) is 44.6 Å². The smallest absolute Gasteiger partial charge is 0.269 e.